The van der Waals surface area contributed by atoms with Gasteiger partial charge in [0.1, 0.15) is 0 Å². The quantitative estimate of drug-likeness (QED) is 0.803. The Morgan fingerprint density at radius 1 is 1.41 bits per heavy atom. The highest BCUT2D eigenvalue weighted by atomic mass is 35.5. The van der Waals surface area contributed by atoms with Crippen LogP contribution < -0.4 is 5.32 Å². The van der Waals surface area contributed by atoms with Crippen molar-refractivity contribution in [3.8, 4) is 0 Å². The standard InChI is InChI=1S/C13H17Cl2NO/c1-17-5-4-16-8-9-6-11(9)12-7-10(14)2-3-13(12)15/h2-3,7,9,11,16H,4-6,8H2,1H3. The minimum atomic E-state index is 0.566. The van der Waals surface area contributed by atoms with E-state index in [4.69, 9.17) is 27.9 Å². The van der Waals surface area contributed by atoms with Gasteiger partial charge in [-0.25, -0.2) is 0 Å². The van der Waals surface area contributed by atoms with Gasteiger partial charge in [-0.3, -0.25) is 0 Å². The molecule has 1 aromatic rings. The Morgan fingerprint density at radius 3 is 3.00 bits per heavy atom. The molecule has 1 aliphatic rings. The van der Waals surface area contributed by atoms with Gasteiger partial charge in [-0.05, 0) is 48.6 Å². The summed E-state index contributed by atoms with van der Waals surface area (Å²) in [5.41, 5.74) is 1.19. The summed E-state index contributed by atoms with van der Waals surface area (Å²) in [6.45, 7) is 2.69. The molecule has 0 heterocycles. The van der Waals surface area contributed by atoms with Gasteiger partial charge in [0.2, 0.25) is 0 Å². The smallest absolute Gasteiger partial charge is 0.0587 e. The van der Waals surface area contributed by atoms with E-state index < -0.39 is 0 Å². The summed E-state index contributed by atoms with van der Waals surface area (Å²) in [5, 5.41) is 4.98. The molecular formula is C13H17Cl2NO. The van der Waals surface area contributed by atoms with Gasteiger partial charge in [-0.1, -0.05) is 23.2 Å². The highest BCUT2D eigenvalue weighted by Gasteiger charge is 2.38. The highest BCUT2D eigenvalue weighted by molar-refractivity contribution is 6.33. The molecule has 2 unspecified atom stereocenters. The van der Waals surface area contributed by atoms with Crippen molar-refractivity contribution < 1.29 is 4.74 Å². The summed E-state index contributed by atoms with van der Waals surface area (Å²) in [5.74, 6) is 1.25. The van der Waals surface area contributed by atoms with E-state index in [1.807, 2.05) is 18.2 Å². The van der Waals surface area contributed by atoms with Crippen molar-refractivity contribution >= 4 is 23.2 Å². The molecule has 1 saturated carbocycles. The third-order valence-electron chi connectivity index (χ3n) is 3.17. The largest absolute Gasteiger partial charge is 0.383 e. The van der Waals surface area contributed by atoms with Crippen molar-refractivity contribution in [1.29, 1.82) is 0 Å². The lowest BCUT2D eigenvalue weighted by molar-refractivity contribution is 0.199. The molecule has 2 atom stereocenters. The number of ether oxygens (including phenoxy) is 1. The minimum absolute atomic E-state index is 0.566. The zero-order valence-corrected chi connectivity index (χ0v) is 11.4. The molecule has 2 rings (SSSR count). The van der Waals surface area contributed by atoms with E-state index in [0.717, 1.165) is 29.7 Å². The van der Waals surface area contributed by atoms with Gasteiger partial charge in [0.05, 0.1) is 6.61 Å². The zero-order valence-electron chi connectivity index (χ0n) is 9.88. The summed E-state index contributed by atoms with van der Waals surface area (Å²) < 4.78 is 4.99. The average Bonchev–Trinajstić information content (AvgIpc) is 3.07. The molecule has 1 fully saturated rings. The highest BCUT2D eigenvalue weighted by Crippen LogP contribution is 2.49. The van der Waals surface area contributed by atoms with Crippen LogP contribution in [0.4, 0.5) is 0 Å². The summed E-state index contributed by atoms with van der Waals surface area (Å²) in [6, 6.07) is 5.71. The lowest BCUT2D eigenvalue weighted by atomic mass is 10.1. The number of hydrogen-bond donors (Lipinski definition) is 1. The van der Waals surface area contributed by atoms with Crippen molar-refractivity contribution in [3.63, 3.8) is 0 Å². The molecule has 2 nitrogen and oxygen atoms in total. The van der Waals surface area contributed by atoms with E-state index in [1.54, 1.807) is 7.11 Å². The average molecular weight is 274 g/mol. The van der Waals surface area contributed by atoms with Crippen LogP contribution in [0.3, 0.4) is 0 Å². The van der Waals surface area contributed by atoms with Gasteiger partial charge >= 0.3 is 0 Å². The summed E-state index contributed by atoms with van der Waals surface area (Å²) >= 11 is 12.2. The minimum Gasteiger partial charge on any atom is -0.383 e. The van der Waals surface area contributed by atoms with Gasteiger partial charge in [0.15, 0.2) is 0 Å². The first kappa shape index (κ1) is 13.2. The van der Waals surface area contributed by atoms with E-state index in [1.165, 1.54) is 12.0 Å². The van der Waals surface area contributed by atoms with Crippen LogP contribution in [0.5, 0.6) is 0 Å². The van der Waals surface area contributed by atoms with Crippen LogP contribution in [0, 0.1) is 5.92 Å². The van der Waals surface area contributed by atoms with Crippen molar-refractivity contribution in [2.75, 3.05) is 26.8 Å². The second kappa shape index (κ2) is 6.05. The maximum Gasteiger partial charge on any atom is 0.0587 e. The van der Waals surface area contributed by atoms with Crippen LogP contribution in [-0.2, 0) is 4.74 Å². The van der Waals surface area contributed by atoms with Gasteiger partial charge in [0.25, 0.3) is 0 Å². The van der Waals surface area contributed by atoms with Gasteiger partial charge < -0.3 is 10.1 Å². The number of rotatable bonds is 6. The fourth-order valence-corrected chi connectivity index (χ4v) is 2.55. The molecule has 0 amide bonds. The van der Waals surface area contributed by atoms with Crippen LogP contribution in [-0.4, -0.2) is 26.8 Å². The van der Waals surface area contributed by atoms with E-state index in [-0.39, 0.29) is 0 Å². The molecule has 94 valence electrons. The molecule has 0 aromatic heterocycles. The summed E-state index contributed by atoms with van der Waals surface area (Å²) in [7, 11) is 1.72. The Labute approximate surface area is 112 Å². The van der Waals surface area contributed by atoms with Crippen LogP contribution in [0.2, 0.25) is 10.0 Å². The Kier molecular flexibility index (Phi) is 4.69. The monoisotopic (exact) mass is 273 g/mol. The maximum absolute atomic E-state index is 6.18. The van der Waals surface area contributed by atoms with Crippen LogP contribution in [0.1, 0.15) is 17.9 Å². The van der Waals surface area contributed by atoms with Crippen molar-refractivity contribution in [2.45, 2.75) is 12.3 Å². The second-order valence-corrected chi connectivity index (χ2v) is 5.31. The Hall–Kier alpha value is -0.280. The lowest BCUT2D eigenvalue weighted by Crippen LogP contribution is -2.21. The first-order valence-corrected chi connectivity index (χ1v) is 6.62. The third kappa shape index (κ3) is 3.59. The van der Waals surface area contributed by atoms with E-state index in [9.17, 15) is 0 Å². The van der Waals surface area contributed by atoms with Gasteiger partial charge in [-0.15, -0.1) is 0 Å². The molecule has 1 aliphatic carbocycles. The van der Waals surface area contributed by atoms with Gasteiger partial charge in [-0.2, -0.15) is 0 Å². The van der Waals surface area contributed by atoms with Crippen molar-refractivity contribution in [2.24, 2.45) is 5.92 Å². The molecular weight excluding hydrogens is 257 g/mol. The SMILES string of the molecule is COCCNCC1CC1c1cc(Cl)ccc1Cl. The Bertz CT molecular complexity index is 384. The first-order valence-electron chi connectivity index (χ1n) is 5.87. The fraction of sp³-hybridized carbons (Fsp3) is 0.538. The first-order chi connectivity index (χ1) is 8.22. The zero-order chi connectivity index (χ0) is 12.3. The fourth-order valence-electron chi connectivity index (χ4n) is 2.11. The molecule has 0 radical (unpaired) electrons. The summed E-state index contributed by atoms with van der Waals surface area (Å²) in [6.07, 6.45) is 1.19. The van der Waals surface area contributed by atoms with Crippen molar-refractivity contribution in [3.05, 3.63) is 33.8 Å². The predicted molar refractivity (Wildman–Crippen MR) is 72.1 cm³/mol. The number of methoxy groups -OCH3 is 1. The molecule has 1 N–H and O–H groups in total. The van der Waals surface area contributed by atoms with E-state index >= 15 is 0 Å². The summed E-state index contributed by atoms with van der Waals surface area (Å²) in [4.78, 5) is 0. The normalized spacial score (nSPS) is 22.8. The topological polar surface area (TPSA) is 21.3 Å². The van der Waals surface area contributed by atoms with Gasteiger partial charge in [0, 0.05) is 23.7 Å². The van der Waals surface area contributed by atoms with E-state index in [0.29, 0.717) is 11.8 Å². The van der Waals surface area contributed by atoms with Crippen molar-refractivity contribution in [1.82, 2.24) is 5.32 Å². The van der Waals surface area contributed by atoms with Crippen LogP contribution >= 0.6 is 23.2 Å². The second-order valence-electron chi connectivity index (χ2n) is 4.47. The van der Waals surface area contributed by atoms with Crippen LogP contribution in [0.25, 0.3) is 0 Å². The molecule has 0 saturated heterocycles. The number of halogens is 2. The molecule has 1 aromatic carbocycles. The lowest BCUT2D eigenvalue weighted by Gasteiger charge is -2.05. The maximum atomic E-state index is 6.18. The Morgan fingerprint density at radius 2 is 2.24 bits per heavy atom. The molecule has 0 bridgehead atoms. The number of benzene rings is 1. The molecule has 17 heavy (non-hydrogen) atoms. The predicted octanol–water partition coefficient (Wildman–Crippen LogP) is 3.33. The molecule has 0 spiro atoms. The Balaban J connectivity index is 1.83. The third-order valence-corrected chi connectivity index (χ3v) is 3.75. The van der Waals surface area contributed by atoms with Crippen LogP contribution in [0.15, 0.2) is 18.2 Å². The number of hydrogen-bond acceptors (Lipinski definition) is 2. The molecule has 4 heteroatoms. The molecule has 0 aliphatic heterocycles. The number of nitrogens with one attached hydrogen (secondary N) is 1. The van der Waals surface area contributed by atoms with E-state index in [2.05, 4.69) is 5.32 Å².